The normalized spacial score (nSPS) is 12.4. The molecule has 0 aliphatic heterocycles. The second kappa shape index (κ2) is 8.95. The summed E-state index contributed by atoms with van der Waals surface area (Å²) < 4.78 is 43.7. The number of benzene rings is 4. The number of para-hydroxylation sites is 1. The van der Waals surface area contributed by atoms with Crippen LogP contribution in [-0.4, -0.2) is 6.36 Å². The van der Waals surface area contributed by atoms with Crippen LogP contribution in [0.4, 0.5) is 13.2 Å². The van der Waals surface area contributed by atoms with Crippen LogP contribution in [0, 0.1) is 0 Å². The summed E-state index contributed by atoms with van der Waals surface area (Å²) in [4.78, 5) is 0. The monoisotopic (exact) mass is 438 g/mol. The quantitative estimate of drug-likeness (QED) is 0.345. The van der Waals surface area contributed by atoms with E-state index < -0.39 is 13.6 Å². The van der Waals surface area contributed by atoms with E-state index in [4.69, 9.17) is 0 Å². The molecule has 0 amide bonds. The minimum absolute atomic E-state index is 0.144. The number of halogens is 3. The van der Waals surface area contributed by atoms with Crippen LogP contribution < -0.4 is 20.7 Å². The van der Waals surface area contributed by atoms with Gasteiger partial charge in [0.2, 0.25) is 0 Å². The Morgan fingerprint density at radius 2 is 0.935 bits per heavy atom. The van der Waals surface area contributed by atoms with Gasteiger partial charge >= 0.3 is 180 Å². The molecular formula is C26H22F3OP. The molecule has 0 aromatic heterocycles. The zero-order chi connectivity index (χ0) is 21.7. The molecule has 0 fully saturated rings. The van der Waals surface area contributed by atoms with Crippen LogP contribution in [0.25, 0.3) is 0 Å². The van der Waals surface area contributed by atoms with Crippen LogP contribution in [0.1, 0.15) is 5.56 Å². The molecule has 4 rings (SSSR count). The summed E-state index contributed by atoms with van der Waals surface area (Å²) in [5, 5.41) is 3.40. The van der Waals surface area contributed by atoms with Gasteiger partial charge in [-0.25, -0.2) is 0 Å². The predicted octanol–water partition coefficient (Wildman–Crippen LogP) is 5.81. The maximum atomic E-state index is 13.1. The summed E-state index contributed by atoms with van der Waals surface area (Å²) in [5.74, 6) is -0.144. The third-order valence-electron chi connectivity index (χ3n) is 5.45. The van der Waals surface area contributed by atoms with E-state index in [1.54, 1.807) is 18.2 Å². The summed E-state index contributed by atoms with van der Waals surface area (Å²) in [7, 11) is -2.72. The van der Waals surface area contributed by atoms with Crippen LogP contribution in [-0.2, 0) is 6.16 Å². The molecule has 0 bridgehead atoms. The van der Waals surface area contributed by atoms with Crippen LogP contribution in [0.2, 0.25) is 0 Å². The molecule has 5 heteroatoms. The molecule has 0 aliphatic carbocycles. The minimum atomic E-state index is -4.74. The van der Waals surface area contributed by atoms with Crippen molar-refractivity contribution in [3.8, 4) is 5.75 Å². The Bertz CT molecular complexity index is 1020. The summed E-state index contributed by atoms with van der Waals surface area (Å²) in [6.45, 7) is 0. The zero-order valence-electron chi connectivity index (χ0n) is 16.7. The Kier molecular flexibility index (Phi) is 6.11. The second-order valence-electron chi connectivity index (χ2n) is 7.34. The van der Waals surface area contributed by atoms with Gasteiger partial charge in [0.1, 0.15) is 0 Å². The van der Waals surface area contributed by atoms with E-state index in [0.717, 1.165) is 15.9 Å². The standard InChI is InChI=1S/C26H22F3OP/c27-26(28,29)30-25-19-11-10-12-21(25)20-31(22-13-4-1-5-14-22,23-15-6-2-7-16-23)24-17-8-3-9-18-24/h1-19,31H,20H2. The predicted molar refractivity (Wildman–Crippen MR) is 123 cm³/mol. The fourth-order valence-corrected chi connectivity index (χ4v) is 8.89. The molecule has 0 unspecified atom stereocenters. The molecule has 1 nitrogen and oxygen atoms in total. The van der Waals surface area contributed by atoms with E-state index in [2.05, 4.69) is 41.1 Å². The van der Waals surface area contributed by atoms with Gasteiger partial charge in [-0.1, -0.05) is 0 Å². The van der Waals surface area contributed by atoms with Crippen LogP contribution in [0.15, 0.2) is 115 Å². The van der Waals surface area contributed by atoms with Crippen molar-refractivity contribution in [1.82, 2.24) is 0 Å². The van der Waals surface area contributed by atoms with Crippen LogP contribution in [0.3, 0.4) is 0 Å². The van der Waals surface area contributed by atoms with Gasteiger partial charge in [-0.05, 0) is 0 Å². The van der Waals surface area contributed by atoms with Crippen molar-refractivity contribution in [3.05, 3.63) is 121 Å². The Labute approximate surface area is 180 Å². The molecule has 0 N–H and O–H groups in total. The Balaban J connectivity index is 1.96. The van der Waals surface area contributed by atoms with Gasteiger partial charge in [0.25, 0.3) is 0 Å². The van der Waals surface area contributed by atoms with Crippen LogP contribution >= 0.6 is 7.26 Å². The molecular weight excluding hydrogens is 416 g/mol. The van der Waals surface area contributed by atoms with Gasteiger partial charge in [-0.3, -0.25) is 0 Å². The van der Waals surface area contributed by atoms with Crippen molar-refractivity contribution in [1.29, 1.82) is 0 Å². The number of ether oxygens (including phenoxy) is 1. The van der Waals surface area contributed by atoms with Crippen molar-refractivity contribution >= 4 is 23.2 Å². The van der Waals surface area contributed by atoms with Gasteiger partial charge in [0.05, 0.1) is 0 Å². The Morgan fingerprint density at radius 3 is 1.35 bits per heavy atom. The van der Waals surface area contributed by atoms with Crippen molar-refractivity contribution in [2.45, 2.75) is 12.5 Å². The Morgan fingerprint density at radius 1 is 0.548 bits per heavy atom. The maximum absolute atomic E-state index is 13.1. The first-order valence-corrected chi connectivity index (χ1v) is 12.2. The molecule has 0 aliphatic rings. The zero-order valence-corrected chi connectivity index (χ0v) is 17.7. The summed E-state index contributed by atoms with van der Waals surface area (Å²) >= 11 is 0. The fourth-order valence-electron chi connectivity index (χ4n) is 4.13. The summed E-state index contributed by atoms with van der Waals surface area (Å²) in [5.41, 5.74) is 0.544. The first-order chi connectivity index (χ1) is 15.0. The van der Waals surface area contributed by atoms with E-state index in [1.165, 1.54) is 6.07 Å². The van der Waals surface area contributed by atoms with E-state index in [0.29, 0.717) is 11.7 Å². The van der Waals surface area contributed by atoms with Crippen LogP contribution in [0.5, 0.6) is 5.75 Å². The SMILES string of the molecule is FC(F)(F)Oc1ccccc1C[PH](c1ccccc1)(c1ccccc1)c1ccccc1. The molecule has 0 heterocycles. The molecule has 0 spiro atoms. The number of hydrogen-bond acceptors (Lipinski definition) is 1. The fraction of sp³-hybridized carbons (Fsp3) is 0.0769. The molecule has 0 atom stereocenters. The average molecular weight is 438 g/mol. The van der Waals surface area contributed by atoms with Crippen molar-refractivity contribution in [2.75, 3.05) is 0 Å². The Hall–Kier alpha value is -3.10. The average Bonchev–Trinajstić information content (AvgIpc) is 2.79. The molecule has 158 valence electrons. The third kappa shape index (κ3) is 4.65. The molecule has 0 saturated heterocycles. The molecule has 31 heavy (non-hydrogen) atoms. The summed E-state index contributed by atoms with van der Waals surface area (Å²) in [6.07, 6.45) is -4.30. The molecule has 4 aromatic carbocycles. The molecule has 0 saturated carbocycles. The second-order valence-corrected chi connectivity index (χ2v) is 11.2. The number of alkyl halides is 3. The van der Waals surface area contributed by atoms with Crippen molar-refractivity contribution in [2.24, 2.45) is 0 Å². The van der Waals surface area contributed by atoms with E-state index in [1.807, 2.05) is 54.6 Å². The van der Waals surface area contributed by atoms with Crippen molar-refractivity contribution in [3.63, 3.8) is 0 Å². The first kappa shape index (κ1) is 21.1. The van der Waals surface area contributed by atoms with Crippen molar-refractivity contribution < 1.29 is 17.9 Å². The summed E-state index contributed by atoms with van der Waals surface area (Å²) in [6, 6.07) is 36.8. The van der Waals surface area contributed by atoms with Gasteiger partial charge < -0.3 is 0 Å². The molecule has 4 aromatic rings. The molecule has 0 radical (unpaired) electrons. The number of rotatable bonds is 6. The van der Waals surface area contributed by atoms with E-state index in [-0.39, 0.29) is 5.75 Å². The van der Waals surface area contributed by atoms with E-state index in [9.17, 15) is 13.2 Å². The first-order valence-electron chi connectivity index (χ1n) is 9.99. The van der Waals surface area contributed by atoms with Gasteiger partial charge in [0.15, 0.2) is 0 Å². The number of hydrogen-bond donors (Lipinski definition) is 0. The van der Waals surface area contributed by atoms with Gasteiger partial charge in [-0.15, -0.1) is 0 Å². The topological polar surface area (TPSA) is 9.23 Å². The van der Waals surface area contributed by atoms with E-state index >= 15 is 0 Å². The third-order valence-corrected chi connectivity index (χ3v) is 10.3. The van der Waals surface area contributed by atoms with Gasteiger partial charge in [-0.2, -0.15) is 0 Å². The van der Waals surface area contributed by atoms with Gasteiger partial charge in [0, 0.05) is 0 Å².